The van der Waals surface area contributed by atoms with Gasteiger partial charge in [-0.3, -0.25) is 0 Å². The molecule has 0 radical (unpaired) electrons. The minimum atomic E-state index is 0.761. The molecule has 0 aromatic heterocycles. The van der Waals surface area contributed by atoms with E-state index in [9.17, 15) is 0 Å². The molecule has 0 amide bonds. The molecule has 0 unspecified atom stereocenters. The van der Waals surface area contributed by atoms with E-state index in [4.69, 9.17) is 0 Å². The SMILES string of the molecule is C=CCN[C@H]1CCC[C@@H](C)C1. The Morgan fingerprint density at radius 1 is 1.55 bits per heavy atom. The lowest BCUT2D eigenvalue weighted by Gasteiger charge is -2.27. The monoisotopic (exact) mass is 153 g/mol. The number of hydrogen-bond acceptors (Lipinski definition) is 1. The van der Waals surface area contributed by atoms with Gasteiger partial charge < -0.3 is 5.32 Å². The van der Waals surface area contributed by atoms with Crippen LogP contribution in [0, 0.1) is 5.92 Å². The summed E-state index contributed by atoms with van der Waals surface area (Å²) < 4.78 is 0. The lowest BCUT2D eigenvalue weighted by Crippen LogP contribution is -2.33. The van der Waals surface area contributed by atoms with Gasteiger partial charge in [0.15, 0.2) is 0 Å². The van der Waals surface area contributed by atoms with E-state index < -0.39 is 0 Å². The van der Waals surface area contributed by atoms with Crippen LogP contribution >= 0.6 is 0 Å². The van der Waals surface area contributed by atoms with Gasteiger partial charge in [0.05, 0.1) is 0 Å². The summed E-state index contributed by atoms with van der Waals surface area (Å²) in [6, 6.07) is 0.761. The molecule has 0 bridgehead atoms. The molecule has 1 fully saturated rings. The first-order valence-corrected chi connectivity index (χ1v) is 4.67. The van der Waals surface area contributed by atoms with Crippen LogP contribution in [0.3, 0.4) is 0 Å². The summed E-state index contributed by atoms with van der Waals surface area (Å²) in [7, 11) is 0. The summed E-state index contributed by atoms with van der Waals surface area (Å²) in [6.45, 7) is 7.02. The molecule has 1 aliphatic rings. The Balaban J connectivity index is 2.17. The molecule has 1 aliphatic carbocycles. The fourth-order valence-corrected chi connectivity index (χ4v) is 1.87. The molecule has 64 valence electrons. The van der Waals surface area contributed by atoms with Gasteiger partial charge in [0.1, 0.15) is 0 Å². The van der Waals surface area contributed by atoms with E-state index in [1.807, 2.05) is 6.08 Å². The molecule has 1 heteroatoms. The van der Waals surface area contributed by atoms with Crippen molar-refractivity contribution < 1.29 is 0 Å². The standard InChI is InChI=1S/C10H19N/c1-3-7-11-10-6-4-5-9(2)8-10/h3,9-11H,1,4-8H2,2H3/t9-,10+/m1/s1. The van der Waals surface area contributed by atoms with Gasteiger partial charge in [0.25, 0.3) is 0 Å². The first-order chi connectivity index (χ1) is 5.33. The summed E-state index contributed by atoms with van der Waals surface area (Å²) in [5.41, 5.74) is 0. The smallest absolute Gasteiger partial charge is 0.0134 e. The maximum absolute atomic E-state index is 3.70. The van der Waals surface area contributed by atoms with E-state index in [-0.39, 0.29) is 0 Å². The molecule has 0 saturated heterocycles. The number of rotatable bonds is 3. The van der Waals surface area contributed by atoms with Crippen molar-refractivity contribution >= 4 is 0 Å². The van der Waals surface area contributed by atoms with Gasteiger partial charge in [-0.05, 0) is 18.8 Å². The van der Waals surface area contributed by atoms with Crippen LogP contribution in [0.4, 0.5) is 0 Å². The predicted octanol–water partition coefficient (Wildman–Crippen LogP) is 2.34. The fourth-order valence-electron chi connectivity index (χ4n) is 1.87. The van der Waals surface area contributed by atoms with Crippen molar-refractivity contribution in [2.75, 3.05) is 6.54 Å². The second kappa shape index (κ2) is 4.55. The van der Waals surface area contributed by atoms with E-state index in [1.165, 1.54) is 25.7 Å². The van der Waals surface area contributed by atoms with Gasteiger partial charge in [0, 0.05) is 12.6 Å². The highest BCUT2D eigenvalue weighted by molar-refractivity contribution is 4.79. The van der Waals surface area contributed by atoms with Crippen LogP contribution < -0.4 is 5.32 Å². The van der Waals surface area contributed by atoms with Crippen LogP contribution in [0.5, 0.6) is 0 Å². The Bertz CT molecular complexity index is 120. The molecule has 0 aromatic rings. The summed E-state index contributed by atoms with van der Waals surface area (Å²) in [5.74, 6) is 0.922. The highest BCUT2D eigenvalue weighted by Crippen LogP contribution is 2.23. The second-order valence-corrected chi connectivity index (χ2v) is 3.67. The summed E-state index contributed by atoms with van der Waals surface area (Å²) >= 11 is 0. The van der Waals surface area contributed by atoms with Gasteiger partial charge in [-0.2, -0.15) is 0 Å². The molecule has 1 nitrogen and oxygen atoms in total. The Morgan fingerprint density at radius 2 is 2.36 bits per heavy atom. The van der Waals surface area contributed by atoms with Crippen LogP contribution in [0.1, 0.15) is 32.6 Å². The third-order valence-corrected chi connectivity index (χ3v) is 2.49. The Labute approximate surface area is 69.9 Å². The van der Waals surface area contributed by atoms with Gasteiger partial charge >= 0.3 is 0 Å². The molecule has 1 saturated carbocycles. The molecule has 1 rings (SSSR count). The molecule has 1 N–H and O–H groups in total. The van der Waals surface area contributed by atoms with Gasteiger partial charge in [0.2, 0.25) is 0 Å². The molecular formula is C10H19N. The largest absolute Gasteiger partial charge is 0.311 e. The Hall–Kier alpha value is -0.300. The normalized spacial score (nSPS) is 31.7. The second-order valence-electron chi connectivity index (χ2n) is 3.67. The lowest BCUT2D eigenvalue weighted by atomic mass is 9.87. The van der Waals surface area contributed by atoms with E-state index in [1.54, 1.807) is 0 Å². The van der Waals surface area contributed by atoms with Crippen molar-refractivity contribution in [3.63, 3.8) is 0 Å². The lowest BCUT2D eigenvalue weighted by molar-refractivity contribution is 0.308. The molecule has 11 heavy (non-hydrogen) atoms. The molecule has 0 heterocycles. The van der Waals surface area contributed by atoms with E-state index in [2.05, 4.69) is 18.8 Å². The average Bonchev–Trinajstić information content (AvgIpc) is 2.01. The van der Waals surface area contributed by atoms with Gasteiger partial charge in [-0.1, -0.05) is 25.8 Å². The van der Waals surface area contributed by atoms with E-state index in [0.717, 1.165) is 18.5 Å². The fraction of sp³-hybridized carbons (Fsp3) is 0.800. The van der Waals surface area contributed by atoms with Crippen LogP contribution in [0.25, 0.3) is 0 Å². The van der Waals surface area contributed by atoms with Gasteiger partial charge in [-0.15, -0.1) is 6.58 Å². The summed E-state index contributed by atoms with van der Waals surface area (Å²) in [5, 5.41) is 3.48. The average molecular weight is 153 g/mol. The van der Waals surface area contributed by atoms with Crippen molar-refractivity contribution in [3.05, 3.63) is 12.7 Å². The molecule has 0 aromatic carbocycles. The first kappa shape index (κ1) is 8.79. The number of hydrogen-bond donors (Lipinski definition) is 1. The quantitative estimate of drug-likeness (QED) is 0.614. The zero-order valence-corrected chi connectivity index (χ0v) is 7.47. The molecular weight excluding hydrogens is 134 g/mol. The van der Waals surface area contributed by atoms with E-state index in [0.29, 0.717) is 0 Å². The first-order valence-electron chi connectivity index (χ1n) is 4.67. The minimum absolute atomic E-state index is 0.761. The third-order valence-electron chi connectivity index (χ3n) is 2.49. The van der Waals surface area contributed by atoms with Crippen molar-refractivity contribution in [1.82, 2.24) is 5.32 Å². The van der Waals surface area contributed by atoms with Crippen LogP contribution in [-0.2, 0) is 0 Å². The molecule has 2 atom stereocenters. The van der Waals surface area contributed by atoms with Crippen molar-refractivity contribution in [2.45, 2.75) is 38.6 Å². The van der Waals surface area contributed by atoms with Crippen LogP contribution in [0.15, 0.2) is 12.7 Å². The maximum atomic E-state index is 3.70. The Kier molecular flexibility index (Phi) is 3.64. The summed E-state index contributed by atoms with van der Waals surface area (Å²) in [4.78, 5) is 0. The van der Waals surface area contributed by atoms with Crippen LogP contribution in [-0.4, -0.2) is 12.6 Å². The van der Waals surface area contributed by atoms with E-state index >= 15 is 0 Å². The van der Waals surface area contributed by atoms with Gasteiger partial charge in [-0.25, -0.2) is 0 Å². The molecule has 0 aliphatic heterocycles. The maximum Gasteiger partial charge on any atom is 0.0134 e. The highest BCUT2D eigenvalue weighted by Gasteiger charge is 2.17. The number of nitrogens with one attached hydrogen (secondary N) is 1. The van der Waals surface area contributed by atoms with Crippen molar-refractivity contribution in [1.29, 1.82) is 0 Å². The van der Waals surface area contributed by atoms with Crippen molar-refractivity contribution in [3.8, 4) is 0 Å². The third kappa shape index (κ3) is 3.06. The minimum Gasteiger partial charge on any atom is -0.311 e. The highest BCUT2D eigenvalue weighted by atomic mass is 14.9. The Morgan fingerprint density at radius 3 is 3.00 bits per heavy atom. The van der Waals surface area contributed by atoms with Crippen molar-refractivity contribution in [2.24, 2.45) is 5.92 Å². The topological polar surface area (TPSA) is 12.0 Å². The zero-order valence-electron chi connectivity index (χ0n) is 7.47. The predicted molar refractivity (Wildman–Crippen MR) is 49.6 cm³/mol. The molecule has 0 spiro atoms. The van der Waals surface area contributed by atoms with Crippen LogP contribution in [0.2, 0.25) is 0 Å². The summed E-state index contributed by atoms with van der Waals surface area (Å²) in [6.07, 6.45) is 7.48. The zero-order chi connectivity index (χ0) is 8.10.